The van der Waals surface area contributed by atoms with Gasteiger partial charge in [-0.15, -0.1) is 0 Å². The molecule has 16 heavy (non-hydrogen) atoms. The highest BCUT2D eigenvalue weighted by Gasteiger charge is 2.54. The number of rotatable bonds is 2. The molecule has 1 N–H and O–H groups in total. The van der Waals surface area contributed by atoms with E-state index in [-0.39, 0.29) is 5.41 Å². The third-order valence-corrected chi connectivity index (χ3v) is 3.11. The van der Waals surface area contributed by atoms with Crippen molar-refractivity contribution < 1.29 is 9.90 Å². The lowest BCUT2D eigenvalue weighted by molar-refractivity contribution is -0.140. The second kappa shape index (κ2) is 3.27. The van der Waals surface area contributed by atoms with Gasteiger partial charge in [0.15, 0.2) is 0 Å². The Balaban J connectivity index is 2.31. The highest BCUT2D eigenvalue weighted by molar-refractivity contribution is 5.83. The lowest BCUT2D eigenvalue weighted by Crippen LogP contribution is -2.23. The summed E-state index contributed by atoms with van der Waals surface area (Å²) < 4.78 is 0. The summed E-state index contributed by atoms with van der Waals surface area (Å²) in [6, 6.07) is 0. The van der Waals surface area contributed by atoms with Crippen LogP contribution in [0.4, 0.5) is 0 Å². The van der Waals surface area contributed by atoms with Gasteiger partial charge in [-0.3, -0.25) is 4.79 Å². The summed E-state index contributed by atoms with van der Waals surface area (Å²) in [5.41, 5.74) is 0.229. The molecule has 1 aliphatic carbocycles. The van der Waals surface area contributed by atoms with Gasteiger partial charge in [0, 0.05) is 12.4 Å². The van der Waals surface area contributed by atoms with E-state index in [0.29, 0.717) is 18.7 Å². The van der Waals surface area contributed by atoms with E-state index in [1.165, 1.54) is 0 Å². The molecular formula is C12H16N2O2. The second-order valence-electron chi connectivity index (χ2n) is 5.43. The van der Waals surface area contributed by atoms with Gasteiger partial charge in [-0.05, 0) is 23.8 Å². The van der Waals surface area contributed by atoms with E-state index < -0.39 is 11.4 Å². The number of carboxylic acid groups (broad SMARTS) is 1. The van der Waals surface area contributed by atoms with E-state index >= 15 is 0 Å². The molecule has 0 aliphatic heterocycles. The van der Waals surface area contributed by atoms with Crippen LogP contribution in [0, 0.1) is 0 Å². The van der Waals surface area contributed by atoms with Crippen LogP contribution in [0.2, 0.25) is 0 Å². The molecule has 0 unspecified atom stereocenters. The summed E-state index contributed by atoms with van der Waals surface area (Å²) >= 11 is 0. The second-order valence-corrected chi connectivity index (χ2v) is 5.43. The van der Waals surface area contributed by atoms with Crippen LogP contribution in [0.5, 0.6) is 0 Å². The fraction of sp³-hybridized carbons (Fsp3) is 0.583. The van der Waals surface area contributed by atoms with Crippen molar-refractivity contribution >= 4 is 5.97 Å². The predicted octanol–water partition coefficient (Wildman–Crippen LogP) is 1.89. The highest BCUT2D eigenvalue weighted by Crippen LogP contribution is 2.46. The molecule has 4 heteroatoms. The number of nitrogens with zero attached hydrogens (tertiary/aromatic N) is 2. The normalized spacial score (nSPS) is 18.2. The number of aromatic nitrogens is 2. The van der Waals surface area contributed by atoms with Gasteiger partial charge in [0.05, 0.1) is 0 Å². The Hall–Kier alpha value is -1.45. The maximum Gasteiger partial charge on any atom is 0.317 e. The Morgan fingerprint density at radius 3 is 2.12 bits per heavy atom. The van der Waals surface area contributed by atoms with Crippen molar-refractivity contribution in [3.63, 3.8) is 0 Å². The van der Waals surface area contributed by atoms with E-state index in [1.54, 1.807) is 12.4 Å². The molecule has 0 atom stereocenters. The van der Waals surface area contributed by atoms with Gasteiger partial charge >= 0.3 is 5.97 Å². The summed E-state index contributed by atoms with van der Waals surface area (Å²) in [4.78, 5) is 19.5. The summed E-state index contributed by atoms with van der Waals surface area (Å²) in [7, 11) is 0. The minimum atomic E-state index is -0.809. The van der Waals surface area contributed by atoms with Gasteiger partial charge in [-0.25, -0.2) is 9.97 Å². The molecule has 1 aromatic heterocycles. The smallest absolute Gasteiger partial charge is 0.317 e. The molecule has 0 bridgehead atoms. The zero-order valence-electron chi connectivity index (χ0n) is 9.82. The van der Waals surface area contributed by atoms with Crippen LogP contribution in [0.15, 0.2) is 12.4 Å². The van der Waals surface area contributed by atoms with Crippen LogP contribution in [0.1, 0.15) is 45.0 Å². The van der Waals surface area contributed by atoms with Gasteiger partial charge in [0.25, 0.3) is 0 Å². The van der Waals surface area contributed by atoms with Crippen molar-refractivity contribution in [3.05, 3.63) is 23.8 Å². The molecule has 86 valence electrons. The first-order chi connectivity index (χ1) is 7.36. The van der Waals surface area contributed by atoms with Crippen molar-refractivity contribution in [2.24, 2.45) is 0 Å². The summed E-state index contributed by atoms with van der Waals surface area (Å²) in [6.07, 6.45) is 4.78. The standard InChI is InChI=1S/C12H16N2O2/c1-11(2,3)8-6-13-9(14-7-8)12(4-5-12)10(15)16/h6-7H,4-5H2,1-3H3,(H,15,16). The van der Waals surface area contributed by atoms with Crippen molar-refractivity contribution in [1.29, 1.82) is 0 Å². The number of hydrogen-bond acceptors (Lipinski definition) is 3. The van der Waals surface area contributed by atoms with Gasteiger partial charge in [-0.1, -0.05) is 20.8 Å². The first-order valence-corrected chi connectivity index (χ1v) is 5.43. The van der Waals surface area contributed by atoms with Crippen LogP contribution in [-0.4, -0.2) is 21.0 Å². The van der Waals surface area contributed by atoms with Crippen LogP contribution >= 0.6 is 0 Å². The van der Waals surface area contributed by atoms with Crippen LogP contribution in [-0.2, 0) is 15.6 Å². The summed E-state index contributed by atoms with van der Waals surface area (Å²) in [6.45, 7) is 6.24. The Morgan fingerprint density at radius 1 is 1.31 bits per heavy atom. The largest absolute Gasteiger partial charge is 0.480 e. The highest BCUT2D eigenvalue weighted by atomic mass is 16.4. The van der Waals surface area contributed by atoms with Crippen LogP contribution in [0.3, 0.4) is 0 Å². The van der Waals surface area contributed by atoms with Gasteiger partial charge < -0.3 is 5.11 Å². The molecule has 1 aromatic rings. The lowest BCUT2D eigenvalue weighted by atomic mass is 9.89. The summed E-state index contributed by atoms with van der Waals surface area (Å²) in [5.74, 6) is -0.357. The molecule has 0 saturated heterocycles. The van der Waals surface area contributed by atoms with E-state index in [1.807, 2.05) is 0 Å². The Morgan fingerprint density at radius 2 is 1.81 bits per heavy atom. The Kier molecular flexibility index (Phi) is 2.26. The SMILES string of the molecule is CC(C)(C)c1cnc(C2(C(=O)O)CC2)nc1. The van der Waals surface area contributed by atoms with Crippen LogP contribution in [0.25, 0.3) is 0 Å². The molecule has 0 amide bonds. The minimum Gasteiger partial charge on any atom is -0.480 e. The lowest BCUT2D eigenvalue weighted by Gasteiger charge is -2.18. The topological polar surface area (TPSA) is 63.1 Å². The van der Waals surface area contributed by atoms with Crippen molar-refractivity contribution in [3.8, 4) is 0 Å². The fourth-order valence-electron chi connectivity index (χ4n) is 1.62. The Labute approximate surface area is 94.7 Å². The first-order valence-electron chi connectivity index (χ1n) is 5.43. The average Bonchev–Trinajstić information content (AvgIpc) is 2.97. The zero-order valence-corrected chi connectivity index (χ0v) is 9.82. The fourth-order valence-corrected chi connectivity index (χ4v) is 1.62. The van der Waals surface area contributed by atoms with Gasteiger partial charge in [0.2, 0.25) is 0 Å². The van der Waals surface area contributed by atoms with Crippen LogP contribution < -0.4 is 0 Å². The predicted molar refractivity (Wildman–Crippen MR) is 59.3 cm³/mol. The molecule has 1 fully saturated rings. The third kappa shape index (κ3) is 1.68. The molecule has 0 aromatic carbocycles. The number of hydrogen-bond donors (Lipinski definition) is 1. The first kappa shape index (κ1) is 11.0. The molecular weight excluding hydrogens is 204 g/mol. The van der Waals surface area contributed by atoms with Crippen molar-refractivity contribution in [2.75, 3.05) is 0 Å². The van der Waals surface area contributed by atoms with Crippen molar-refractivity contribution in [2.45, 2.75) is 44.4 Å². The number of carboxylic acids is 1. The molecule has 0 radical (unpaired) electrons. The molecule has 1 aliphatic rings. The molecule has 1 saturated carbocycles. The Bertz CT molecular complexity index is 414. The zero-order chi connectivity index (χ0) is 12.0. The van der Waals surface area contributed by atoms with E-state index in [9.17, 15) is 4.79 Å². The van der Waals surface area contributed by atoms with Gasteiger partial charge in [0.1, 0.15) is 11.2 Å². The van der Waals surface area contributed by atoms with E-state index in [4.69, 9.17) is 5.11 Å². The molecule has 4 nitrogen and oxygen atoms in total. The molecule has 2 rings (SSSR count). The monoisotopic (exact) mass is 220 g/mol. The van der Waals surface area contributed by atoms with Crippen molar-refractivity contribution in [1.82, 2.24) is 9.97 Å². The average molecular weight is 220 g/mol. The number of aliphatic carboxylic acids is 1. The quantitative estimate of drug-likeness (QED) is 0.826. The maximum atomic E-state index is 11.1. The summed E-state index contributed by atoms with van der Waals surface area (Å²) in [5, 5.41) is 9.11. The third-order valence-electron chi connectivity index (χ3n) is 3.11. The molecule has 1 heterocycles. The van der Waals surface area contributed by atoms with Gasteiger partial charge in [-0.2, -0.15) is 0 Å². The van der Waals surface area contributed by atoms with E-state index in [0.717, 1.165) is 5.56 Å². The van der Waals surface area contributed by atoms with E-state index in [2.05, 4.69) is 30.7 Å². The molecule has 0 spiro atoms. The minimum absolute atomic E-state index is 0.00152. The number of carbonyl (C=O) groups is 1. The maximum absolute atomic E-state index is 11.1.